The van der Waals surface area contributed by atoms with Crippen LogP contribution in [0.15, 0.2) is 60.7 Å². The molecule has 0 bridgehead atoms. The number of ether oxygens (including phenoxy) is 2. The smallest absolute Gasteiger partial charge is 0.119 e. The molecule has 1 unspecified atom stereocenters. The number of hydrogen-bond donors (Lipinski definition) is 2. The van der Waals surface area contributed by atoms with Gasteiger partial charge in [-0.05, 0) is 37.1 Å². The number of para-hydroxylation sites is 1. The number of unbranched alkanes of at least 4 members (excludes halogenated alkanes) is 3. The van der Waals surface area contributed by atoms with E-state index in [0.717, 1.165) is 37.3 Å². The largest absolute Gasteiger partial charge is 0.491 e. The van der Waals surface area contributed by atoms with Crippen LogP contribution in [0, 0.1) is 0 Å². The third-order valence-corrected chi connectivity index (χ3v) is 4.15. The van der Waals surface area contributed by atoms with Gasteiger partial charge in [0, 0.05) is 13.2 Å². The Morgan fingerprint density at radius 3 is 2.23 bits per heavy atom. The van der Waals surface area contributed by atoms with Gasteiger partial charge in [-0.2, -0.15) is 0 Å². The fraction of sp³-hybridized carbons (Fsp3) is 0.455. The summed E-state index contributed by atoms with van der Waals surface area (Å²) in [5, 5.41) is 13.4. The lowest BCUT2D eigenvalue weighted by Gasteiger charge is -2.12. The average molecular weight is 357 g/mol. The van der Waals surface area contributed by atoms with E-state index in [1.807, 2.05) is 60.7 Å². The van der Waals surface area contributed by atoms with Crippen LogP contribution in [0.25, 0.3) is 0 Å². The molecule has 0 radical (unpaired) electrons. The third-order valence-electron chi connectivity index (χ3n) is 4.15. The highest BCUT2D eigenvalue weighted by Crippen LogP contribution is 2.10. The van der Waals surface area contributed by atoms with E-state index in [0.29, 0.717) is 19.8 Å². The Labute approximate surface area is 157 Å². The van der Waals surface area contributed by atoms with Gasteiger partial charge in [-0.15, -0.1) is 0 Å². The van der Waals surface area contributed by atoms with Gasteiger partial charge in [0.05, 0.1) is 12.7 Å². The standard InChI is InChI=1S/C22H31NO3/c24-22(20-11-5-3-6-12-20)19-23-15-9-1-2-10-16-25-17-18-26-21-13-7-4-8-14-21/h3-8,11-14,22-24H,1-2,9-10,15-19H2. The lowest BCUT2D eigenvalue weighted by Crippen LogP contribution is -2.22. The normalized spacial score (nSPS) is 12.0. The molecule has 0 aliphatic carbocycles. The highest BCUT2D eigenvalue weighted by Gasteiger charge is 2.05. The molecule has 2 aromatic carbocycles. The summed E-state index contributed by atoms with van der Waals surface area (Å²) in [6.45, 7) is 3.56. The second-order valence-electron chi connectivity index (χ2n) is 6.32. The van der Waals surface area contributed by atoms with Crippen LogP contribution in [0.4, 0.5) is 0 Å². The quantitative estimate of drug-likeness (QED) is 0.503. The number of hydrogen-bond acceptors (Lipinski definition) is 4. The van der Waals surface area contributed by atoms with E-state index in [-0.39, 0.29) is 0 Å². The lowest BCUT2D eigenvalue weighted by molar-refractivity contribution is 0.0971. The summed E-state index contributed by atoms with van der Waals surface area (Å²) in [4.78, 5) is 0. The van der Waals surface area contributed by atoms with Crippen LogP contribution in [0.5, 0.6) is 5.75 Å². The first-order valence-corrected chi connectivity index (χ1v) is 9.55. The predicted molar refractivity (Wildman–Crippen MR) is 105 cm³/mol. The zero-order valence-electron chi connectivity index (χ0n) is 15.5. The van der Waals surface area contributed by atoms with Gasteiger partial charge in [-0.3, -0.25) is 0 Å². The average Bonchev–Trinajstić information content (AvgIpc) is 2.70. The maximum atomic E-state index is 10.0. The van der Waals surface area contributed by atoms with Crippen LogP contribution in [-0.2, 0) is 4.74 Å². The minimum atomic E-state index is -0.428. The first kappa shape index (κ1) is 20.4. The Morgan fingerprint density at radius 2 is 1.46 bits per heavy atom. The molecular weight excluding hydrogens is 326 g/mol. The molecule has 4 heteroatoms. The van der Waals surface area contributed by atoms with Crippen molar-refractivity contribution in [1.82, 2.24) is 5.32 Å². The molecule has 142 valence electrons. The van der Waals surface area contributed by atoms with E-state index in [1.165, 1.54) is 12.8 Å². The molecule has 2 rings (SSSR count). The highest BCUT2D eigenvalue weighted by atomic mass is 16.5. The second-order valence-corrected chi connectivity index (χ2v) is 6.32. The third kappa shape index (κ3) is 8.99. The highest BCUT2D eigenvalue weighted by molar-refractivity contribution is 5.20. The SMILES string of the molecule is OC(CNCCCCCCOCCOc1ccccc1)c1ccccc1. The van der Waals surface area contributed by atoms with Gasteiger partial charge < -0.3 is 19.9 Å². The van der Waals surface area contributed by atoms with Crippen LogP contribution >= 0.6 is 0 Å². The molecule has 26 heavy (non-hydrogen) atoms. The summed E-state index contributed by atoms with van der Waals surface area (Å²) in [5.41, 5.74) is 0.966. The Balaban J connectivity index is 1.34. The topological polar surface area (TPSA) is 50.7 Å². The van der Waals surface area contributed by atoms with E-state index in [9.17, 15) is 5.11 Å². The summed E-state index contributed by atoms with van der Waals surface area (Å²) < 4.78 is 11.2. The molecule has 2 N–H and O–H groups in total. The molecule has 1 atom stereocenters. The molecule has 0 aliphatic rings. The summed E-state index contributed by atoms with van der Waals surface area (Å²) in [5.74, 6) is 0.890. The van der Waals surface area contributed by atoms with Crippen molar-refractivity contribution >= 4 is 0 Å². The Bertz CT molecular complexity index is 562. The van der Waals surface area contributed by atoms with Gasteiger partial charge in [0.15, 0.2) is 0 Å². The molecule has 0 amide bonds. The van der Waals surface area contributed by atoms with Gasteiger partial charge in [-0.1, -0.05) is 61.4 Å². The predicted octanol–water partition coefficient (Wildman–Crippen LogP) is 3.97. The molecule has 4 nitrogen and oxygen atoms in total. The molecule has 0 heterocycles. The zero-order valence-corrected chi connectivity index (χ0v) is 15.5. The van der Waals surface area contributed by atoms with Crippen molar-refractivity contribution in [3.63, 3.8) is 0 Å². The first-order chi connectivity index (χ1) is 12.9. The van der Waals surface area contributed by atoms with E-state index < -0.39 is 6.10 Å². The molecule has 0 aliphatic heterocycles. The van der Waals surface area contributed by atoms with Crippen LogP contribution in [-0.4, -0.2) is 38.0 Å². The van der Waals surface area contributed by atoms with Crippen molar-refractivity contribution < 1.29 is 14.6 Å². The summed E-state index contributed by atoms with van der Waals surface area (Å²) >= 11 is 0. The monoisotopic (exact) mass is 357 g/mol. The zero-order chi connectivity index (χ0) is 18.3. The Hall–Kier alpha value is -1.88. The number of rotatable bonds is 14. The van der Waals surface area contributed by atoms with Crippen LogP contribution in [0.3, 0.4) is 0 Å². The van der Waals surface area contributed by atoms with Crippen molar-refractivity contribution in [2.75, 3.05) is 32.9 Å². The molecule has 0 saturated carbocycles. The molecule has 2 aromatic rings. The minimum absolute atomic E-state index is 0.428. The summed E-state index contributed by atoms with van der Waals surface area (Å²) in [7, 11) is 0. The summed E-state index contributed by atoms with van der Waals surface area (Å²) in [6.07, 6.45) is 4.12. The van der Waals surface area contributed by atoms with Gasteiger partial charge in [0.2, 0.25) is 0 Å². The number of benzene rings is 2. The van der Waals surface area contributed by atoms with Crippen molar-refractivity contribution in [3.8, 4) is 5.75 Å². The fourth-order valence-electron chi connectivity index (χ4n) is 2.68. The molecule has 0 aromatic heterocycles. The Morgan fingerprint density at radius 1 is 0.769 bits per heavy atom. The van der Waals surface area contributed by atoms with Gasteiger partial charge in [-0.25, -0.2) is 0 Å². The van der Waals surface area contributed by atoms with Crippen LogP contribution in [0.2, 0.25) is 0 Å². The van der Waals surface area contributed by atoms with E-state index in [2.05, 4.69) is 5.32 Å². The number of aliphatic hydroxyl groups is 1. The van der Waals surface area contributed by atoms with Crippen molar-refractivity contribution in [1.29, 1.82) is 0 Å². The number of nitrogens with one attached hydrogen (secondary N) is 1. The van der Waals surface area contributed by atoms with E-state index in [1.54, 1.807) is 0 Å². The van der Waals surface area contributed by atoms with Crippen molar-refractivity contribution in [3.05, 3.63) is 66.2 Å². The van der Waals surface area contributed by atoms with Crippen molar-refractivity contribution in [2.45, 2.75) is 31.8 Å². The lowest BCUT2D eigenvalue weighted by atomic mass is 10.1. The van der Waals surface area contributed by atoms with Gasteiger partial charge in [0.1, 0.15) is 12.4 Å². The minimum Gasteiger partial charge on any atom is -0.491 e. The second kappa shape index (κ2) is 13.3. The maximum Gasteiger partial charge on any atom is 0.119 e. The first-order valence-electron chi connectivity index (χ1n) is 9.55. The fourth-order valence-corrected chi connectivity index (χ4v) is 2.68. The summed E-state index contributed by atoms with van der Waals surface area (Å²) in [6, 6.07) is 19.6. The van der Waals surface area contributed by atoms with E-state index >= 15 is 0 Å². The van der Waals surface area contributed by atoms with Gasteiger partial charge in [0.25, 0.3) is 0 Å². The maximum absolute atomic E-state index is 10.0. The van der Waals surface area contributed by atoms with Gasteiger partial charge >= 0.3 is 0 Å². The number of aliphatic hydroxyl groups excluding tert-OH is 1. The van der Waals surface area contributed by atoms with Crippen LogP contribution in [0.1, 0.15) is 37.4 Å². The molecule has 0 fully saturated rings. The molecular formula is C22H31NO3. The van der Waals surface area contributed by atoms with E-state index in [4.69, 9.17) is 9.47 Å². The Kier molecular flexibility index (Phi) is 10.5. The van der Waals surface area contributed by atoms with Crippen molar-refractivity contribution in [2.24, 2.45) is 0 Å². The molecule has 0 saturated heterocycles. The van der Waals surface area contributed by atoms with Crippen LogP contribution < -0.4 is 10.1 Å². The molecule has 0 spiro atoms.